The van der Waals surface area contributed by atoms with Crippen molar-refractivity contribution in [3.05, 3.63) is 70.9 Å². The number of hydrogen-bond acceptors (Lipinski definition) is 8. The zero-order valence-corrected chi connectivity index (χ0v) is 18.2. The molecule has 0 unspecified atom stereocenters. The van der Waals surface area contributed by atoms with Crippen LogP contribution in [0, 0.1) is 16.7 Å². The number of nitrogens with two attached hydrogens (primary N) is 1. The van der Waals surface area contributed by atoms with Crippen LogP contribution in [0.1, 0.15) is 23.0 Å². The van der Waals surface area contributed by atoms with Gasteiger partial charge >= 0.3 is 11.9 Å². The maximum absolute atomic E-state index is 13.1. The Hall–Kier alpha value is -3.99. The van der Waals surface area contributed by atoms with Gasteiger partial charge in [0.15, 0.2) is 0 Å². The van der Waals surface area contributed by atoms with Crippen molar-refractivity contribution in [3.8, 4) is 17.6 Å². The van der Waals surface area contributed by atoms with E-state index in [1.165, 1.54) is 21.3 Å². The van der Waals surface area contributed by atoms with E-state index in [1.54, 1.807) is 55.6 Å². The summed E-state index contributed by atoms with van der Waals surface area (Å²) in [4.78, 5) is 25.9. The molecule has 166 valence electrons. The highest BCUT2D eigenvalue weighted by Gasteiger charge is 2.62. The van der Waals surface area contributed by atoms with Crippen LogP contribution >= 0.6 is 0 Å². The van der Waals surface area contributed by atoms with Crippen molar-refractivity contribution in [2.45, 2.75) is 11.8 Å². The van der Waals surface area contributed by atoms with Gasteiger partial charge in [0.2, 0.25) is 5.41 Å². The van der Waals surface area contributed by atoms with E-state index in [4.69, 9.17) is 24.7 Å². The summed E-state index contributed by atoms with van der Waals surface area (Å²) in [7, 11) is 5.48. The van der Waals surface area contributed by atoms with Crippen molar-refractivity contribution in [1.29, 1.82) is 5.26 Å². The van der Waals surface area contributed by atoms with Crippen LogP contribution < -0.4 is 15.2 Å². The van der Waals surface area contributed by atoms with Crippen LogP contribution in [0.3, 0.4) is 0 Å². The van der Waals surface area contributed by atoms with Crippen molar-refractivity contribution >= 4 is 11.9 Å². The number of carbonyl (C=O) groups excluding carboxylic acids is 2. The molecular weight excluding hydrogens is 412 g/mol. The smallest absolute Gasteiger partial charge is 0.336 e. The third-order valence-electron chi connectivity index (χ3n) is 5.86. The molecule has 0 aliphatic heterocycles. The van der Waals surface area contributed by atoms with Crippen LogP contribution in [-0.4, -0.2) is 40.4 Å². The average Bonchev–Trinajstić information content (AvgIpc) is 3.12. The standard InChI is InChI=1S/C24H24N2O6/c1-29-16-9-5-14(6-10-16)18-19(22(27)31-3)21(26)24(13-25,23(28)32-4)20(18)15-7-11-17(30-2)12-8-15/h5-12,18,20H,26H2,1-4H3/t18-,20+,24-/m0/s1. The van der Waals surface area contributed by atoms with Gasteiger partial charge in [-0.2, -0.15) is 5.26 Å². The molecule has 1 aliphatic rings. The Morgan fingerprint density at radius 1 is 0.875 bits per heavy atom. The van der Waals surface area contributed by atoms with E-state index in [2.05, 4.69) is 6.07 Å². The fourth-order valence-electron chi connectivity index (χ4n) is 4.31. The molecule has 0 amide bonds. The molecule has 0 spiro atoms. The van der Waals surface area contributed by atoms with E-state index in [0.717, 1.165) is 0 Å². The van der Waals surface area contributed by atoms with Gasteiger partial charge < -0.3 is 24.7 Å². The van der Waals surface area contributed by atoms with Gasteiger partial charge in [0.1, 0.15) is 11.5 Å². The number of rotatable bonds is 6. The molecule has 8 heteroatoms. The zero-order chi connectivity index (χ0) is 23.5. The molecular formula is C24H24N2O6. The van der Waals surface area contributed by atoms with Gasteiger partial charge in [-0.15, -0.1) is 0 Å². The Balaban J connectivity index is 2.34. The lowest BCUT2D eigenvalue weighted by molar-refractivity contribution is -0.148. The fourth-order valence-corrected chi connectivity index (χ4v) is 4.31. The summed E-state index contributed by atoms with van der Waals surface area (Å²) in [5.74, 6) is -1.96. The van der Waals surface area contributed by atoms with Crippen LogP contribution in [0.5, 0.6) is 11.5 Å². The zero-order valence-electron chi connectivity index (χ0n) is 18.2. The van der Waals surface area contributed by atoms with E-state index in [-0.39, 0.29) is 11.3 Å². The molecule has 1 aliphatic carbocycles. The lowest BCUT2D eigenvalue weighted by Gasteiger charge is -2.31. The highest BCUT2D eigenvalue weighted by molar-refractivity contribution is 5.98. The van der Waals surface area contributed by atoms with Crippen molar-refractivity contribution in [1.82, 2.24) is 0 Å². The maximum atomic E-state index is 13.1. The molecule has 0 radical (unpaired) electrons. The summed E-state index contributed by atoms with van der Waals surface area (Å²) in [5, 5.41) is 10.3. The quantitative estimate of drug-likeness (QED) is 0.686. The number of carbonyl (C=O) groups is 2. The number of nitrogens with zero attached hydrogens (tertiary/aromatic N) is 1. The molecule has 0 bridgehead atoms. The Bertz CT molecular complexity index is 1080. The third-order valence-corrected chi connectivity index (χ3v) is 5.86. The second-order valence-corrected chi connectivity index (χ2v) is 7.23. The number of esters is 2. The number of benzene rings is 2. The first-order valence-electron chi connectivity index (χ1n) is 9.75. The molecule has 0 saturated heterocycles. The van der Waals surface area contributed by atoms with Gasteiger partial charge in [0, 0.05) is 11.8 Å². The number of nitriles is 1. The topological polar surface area (TPSA) is 121 Å². The number of hydrogen-bond donors (Lipinski definition) is 1. The molecule has 0 saturated carbocycles. The fraction of sp³-hybridized carbons (Fsp3) is 0.292. The summed E-state index contributed by atoms with van der Waals surface area (Å²) in [6, 6.07) is 16.0. The Kier molecular flexibility index (Phi) is 6.40. The summed E-state index contributed by atoms with van der Waals surface area (Å²) < 4.78 is 20.5. The largest absolute Gasteiger partial charge is 0.497 e. The monoisotopic (exact) mass is 436 g/mol. The van der Waals surface area contributed by atoms with Gasteiger partial charge in [0.25, 0.3) is 0 Å². The minimum absolute atomic E-state index is 0.0467. The predicted molar refractivity (Wildman–Crippen MR) is 115 cm³/mol. The minimum Gasteiger partial charge on any atom is -0.497 e. The normalized spacial score (nSPS) is 22.1. The number of ether oxygens (including phenoxy) is 4. The molecule has 2 aromatic rings. The van der Waals surface area contributed by atoms with Gasteiger partial charge in [-0.1, -0.05) is 24.3 Å². The summed E-state index contributed by atoms with van der Waals surface area (Å²) >= 11 is 0. The van der Waals surface area contributed by atoms with Crippen LogP contribution in [0.2, 0.25) is 0 Å². The van der Waals surface area contributed by atoms with E-state index >= 15 is 0 Å². The van der Waals surface area contributed by atoms with Crippen LogP contribution in [0.15, 0.2) is 59.8 Å². The first kappa shape index (κ1) is 22.7. The van der Waals surface area contributed by atoms with Gasteiger partial charge in [-0.3, -0.25) is 0 Å². The van der Waals surface area contributed by atoms with Crippen LogP contribution in [0.4, 0.5) is 0 Å². The second kappa shape index (κ2) is 9.02. The molecule has 0 fully saturated rings. The first-order chi connectivity index (χ1) is 15.4. The summed E-state index contributed by atoms with van der Waals surface area (Å²) in [5.41, 5.74) is 5.60. The number of methoxy groups -OCH3 is 4. The molecule has 3 rings (SSSR count). The molecule has 0 aromatic heterocycles. The van der Waals surface area contributed by atoms with Crippen molar-refractivity contribution in [2.24, 2.45) is 11.1 Å². The Labute approximate surface area is 186 Å². The average molecular weight is 436 g/mol. The summed E-state index contributed by atoms with van der Waals surface area (Å²) in [6.45, 7) is 0. The highest BCUT2D eigenvalue weighted by atomic mass is 16.5. The Morgan fingerprint density at radius 3 is 1.78 bits per heavy atom. The van der Waals surface area contributed by atoms with Crippen molar-refractivity contribution in [2.75, 3.05) is 28.4 Å². The van der Waals surface area contributed by atoms with Crippen molar-refractivity contribution in [3.63, 3.8) is 0 Å². The van der Waals surface area contributed by atoms with E-state index < -0.39 is 29.2 Å². The lowest BCUT2D eigenvalue weighted by Crippen LogP contribution is -2.39. The lowest BCUT2D eigenvalue weighted by atomic mass is 9.69. The first-order valence-corrected chi connectivity index (χ1v) is 9.75. The highest BCUT2D eigenvalue weighted by Crippen LogP contribution is 2.59. The molecule has 8 nitrogen and oxygen atoms in total. The second-order valence-electron chi connectivity index (χ2n) is 7.23. The van der Waals surface area contributed by atoms with E-state index in [1.807, 2.05) is 0 Å². The molecule has 2 N–H and O–H groups in total. The minimum atomic E-state index is -1.93. The SMILES string of the molecule is COC(=O)C1=C(N)[C@@](C#N)(C(=O)OC)[C@H](c2ccc(OC)cc2)[C@H]1c1ccc(OC)cc1. The van der Waals surface area contributed by atoms with Gasteiger partial charge in [-0.05, 0) is 35.4 Å². The molecule has 0 heterocycles. The maximum Gasteiger partial charge on any atom is 0.336 e. The van der Waals surface area contributed by atoms with Crippen LogP contribution in [-0.2, 0) is 19.1 Å². The molecule has 3 atom stereocenters. The van der Waals surface area contributed by atoms with Crippen LogP contribution in [0.25, 0.3) is 0 Å². The van der Waals surface area contributed by atoms with Crippen molar-refractivity contribution < 1.29 is 28.5 Å². The Morgan fingerprint density at radius 2 is 1.38 bits per heavy atom. The predicted octanol–water partition coefficient (Wildman–Crippen LogP) is 2.65. The summed E-state index contributed by atoms with van der Waals surface area (Å²) in [6.07, 6.45) is 0. The van der Waals surface area contributed by atoms with E-state index in [0.29, 0.717) is 22.6 Å². The third kappa shape index (κ3) is 3.42. The van der Waals surface area contributed by atoms with Gasteiger partial charge in [-0.25, -0.2) is 9.59 Å². The molecule has 2 aromatic carbocycles. The molecule has 32 heavy (non-hydrogen) atoms. The van der Waals surface area contributed by atoms with E-state index in [9.17, 15) is 14.9 Å². The van der Waals surface area contributed by atoms with Gasteiger partial charge in [0.05, 0.1) is 45.8 Å².